The van der Waals surface area contributed by atoms with Crippen LogP contribution in [0.1, 0.15) is 57.4 Å². The van der Waals surface area contributed by atoms with Crippen molar-refractivity contribution in [3.05, 3.63) is 22.4 Å². The molecule has 1 nitrogen and oxygen atoms in total. The van der Waals surface area contributed by atoms with E-state index in [1.807, 2.05) is 0 Å². The van der Waals surface area contributed by atoms with E-state index in [1.54, 1.807) is 5.38 Å². The molecule has 0 spiro atoms. The van der Waals surface area contributed by atoms with Crippen LogP contribution in [0.3, 0.4) is 0 Å². The van der Waals surface area contributed by atoms with Crippen molar-refractivity contribution in [3.8, 4) is 0 Å². The maximum absolute atomic E-state index is 13.4. The lowest BCUT2D eigenvalue weighted by Crippen LogP contribution is -2.18. The van der Waals surface area contributed by atoms with Crippen LogP contribution in [0.2, 0.25) is 0 Å². The van der Waals surface area contributed by atoms with Crippen LogP contribution >= 0.6 is 11.3 Å². The minimum atomic E-state index is -3.12. The number of ether oxygens (including phenoxy) is 1. The Morgan fingerprint density at radius 1 is 1.11 bits per heavy atom. The number of unbranched alkanes of at least 4 members (excludes halogenated alkanes) is 6. The van der Waals surface area contributed by atoms with Crippen LogP contribution in [-0.4, -0.2) is 6.61 Å². The predicted octanol–water partition coefficient (Wildman–Crippen LogP) is 5.56. The van der Waals surface area contributed by atoms with Crippen molar-refractivity contribution in [1.29, 1.82) is 0 Å². The van der Waals surface area contributed by atoms with Gasteiger partial charge in [-0.2, -0.15) is 20.1 Å². The summed E-state index contributed by atoms with van der Waals surface area (Å²) >= 11 is 1.26. The first-order chi connectivity index (χ1) is 8.67. The summed E-state index contributed by atoms with van der Waals surface area (Å²) in [6.07, 6.45) is 4.64. The smallest absolute Gasteiger partial charge is 0.317 e. The second-order valence-electron chi connectivity index (χ2n) is 4.50. The van der Waals surface area contributed by atoms with E-state index in [-0.39, 0.29) is 12.2 Å². The lowest BCUT2D eigenvalue weighted by atomic mass is 10.1. The first-order valence-electron chi connectivity index (χ1n) is 6.71. The van der Waals surface area contributed by atoms with Crippen molar-refractivity contribution >= 4 is 11.3 Å². The highest BCUT2D eigenvalue weighted by Gasteiger charge is 2.32. The van der Waals surface area contributed by atoms with E-state index in [2.05, 4.69) is 11.7 Å². The Balaban J connectivity index is 2.04. The summed E-state index contributed by atoms with van der Waals surface area (Å²) in [5.74, 6) is 0. The number of thiophene rings is 1. The topological polar surface area (TPSA) is 9.23 Å². The first kappa shape index (κ1) is 15.6. The zero-order valence-corrected chi connectivity index (χ0v) is 11.8. The molecule has 0 fully saturated rings. The third-order valence-electron chi connectivity index (χ3n) is 2.89. The molecule has 0 radical (unpaired) electrons. The van der Waals surface area contributed by atoms with Gasteiger partial charge in [0.2, 0.25) is 0 Å². The highest BCUT2D eigenvalue weighted by molar-refractivity contribution is 7.07. The predicted molar refractivity (Wildman–Crippen MR) is 72.2 cm³/mol. The second-order valence-corrected chi connectivity index (χ2v) is 5.28. The minimum absolute atomic E-state index is 0.0320. The van der Waals surface area contributed by atoms with Gasteiger partial charge in [-0.25, -0.2) is 0 Å². The second kappa shape index (κ2) is 8.59. The molecule has 0 aromatic carbocycles. The summed E-state index contributed by atoms with van der Waals surface area (Å²) in [5, 5.41) is 3.07. The Kier molecular flexibility index (Phi) is 7.44. The Morgan fingerprint density at radius 3 is 2.39 bits per heavy atom. The molecule has 0 bridgehead atoms. The van der Waals surface area contributed by atoms with Crippen molar-refractivity contribution in [2.24, 2.45) is 0 Å². The van der Waals surface area contributed by atoms with Gasteiger partial charge in [-0.15, -0.1) is 0 Å². The van der Waals surface area contributed by atoms with Crippen molar-refractivity contribution in [3.63, 3.8) is 0 Å². The van der Waals surface area contributed by atoms with Gasteiger partial charge in [0.15, 0.2) is 0 Å². The van der Waals surface area contributed by atoms with Crippen LogP contribution in [0.4, 0.5) is 8.78 Å². The van der Waals surface area contributed by atoms with Gasteiger partial charge >= 0.3 is 6.11 Å². The molecular weight excluding hydrogens is 254 g/mol. The van der Waals surface area contributed by atoms with Gasteiger partial charge in [0.05, 0.1) is 12.2 Å². The zero-order valence-electron chi connectivity index (χ0n) is 11.0. The highest BCUT2D eigenvalue weighted by atomic mass is 32.1. The van der Waals surface area contributed by atoms with Crippen LogP contribution in [0.5, 0.6) is 0 Å². The van der Waals surface area contributed by atoms with Crippen molar-refractivity contribution < 1.29 is 13.5 Å². The van der Waals surface area contributed by atoms with Crippen LogP contribution < -0.4 is 0 Å². The molecule has 0 aliphatic heterocycles. The number of rotatable bonds is 10. The molecule has 0 aliphatic rings. The normalized spacial score (nSPS) is 11.9. The maximum Gasteiger partial charge on any atom is 0.384 e. The quantitative estimate of drug-likeness (QED) is 0.508. The van der Waals surface area contributed by atoms with Crippen molar-refractivity contribution in [1.82, 2.24) is 0 Å². The van der Waals surface area contributed by atoms with E-state index >= 15 is 0 Å². The Hall–Kier alpha value is -0.480. The minimum Gasteiger partial charge on any atom is -0.317 e. The van der Waals surface area contributed by atoms with E-state index < -0.39 is 6.11 Å². The summed E-state index contributed by atoms with van der Waals surface area (Å²) in [6.45, 7) is 2.32. The number of alkyl halides is 2. The van der Waals surface area contributed by atoms with Gasteiger partial charge in [0, 0.05) is 5.38 Å². The molecule has 1 rings (SSSR count). The van der Waals surface area contributed by atoms with E-state index in [0.717, 1.165) is 12.8 Å². The van der Waals surface area contributed by atoms with Gasteiger partial charge in [-0.05, 0) is 17.9 Å². The average Bonchev–Trinajstić information content (AvgIpc) is 2.87. The SMILES string of the molecule is CCCCCCCCCOC(F)(F)c1ccsc1. The average molecular weight is 276 g/mol. The lowest BCUT2D eigenvalue weighted by molar-refractivity contribution is -0.248. The van der Waals surface area contributed by atoms with E-state index in [4.69, 9.17) is 0 Å². The number of hydrogen-bond acceptors (Lipinski definition) is 2. The Labute approximate surface area is 112 Å². The zero-order chi connectivity index (χ0) is 13.3. The van der Waals surface area contributed by atoms with Gasteiger partial charge < -0.3 is 4.74 Å². The van der Waals surface area contributed by atoms with Crippen LogP contribution in [0, 0.1) is 0 Å². The van der Waals surface area contributed by atoms with Crippen molar-refractivity contribution in [2.45, 2.75) is 58.0 Å². The molecule has 104 valence electrons. The van der Waals surface area contributed by atoms with Gasteiger partial charge in [-0.3, -0.25) is 0 Å². The fourth-order valence-electron chi connectivity index (χ4n) is 1.77. The molecule has 18 heavy (non-hydrogen) atoms. The number of hydrogen-bond donors (Lipinski definition) is 0. The largest absolute Gasteiger partial charge is 0.384 e. The summed E-state index contributed by atoms with van der Waals surface area (Å²) in [6, 6.07) is 1.41. The van der Waals surface area contributed by atoms with Crippen LogP contribution in [0.15, 0.2) is 16.8 Å². The molecule has 0 saturated carbocycles. The van der Waals surface area contributed by atoms with E-state index in [9.17, 15) is 8.78 Å². The fourth-order valence-corrected chi connectivity index (χ4v) is 2.44. The van der Waals surface area contributed by atoms with E-state index in [0.29, 0.717) is 6.42 Å². The Morgan fingerprint density at radius 2 is 1.78 bits per heavy atom. The molecule has 0 amide bonds. The maximum atomic E-state index is 13.4. The van der Waals surface area contributed by atoms with Crippen molar-refractivity contribution in [2.75, 3.05) is 6.61 Å². The molecular formula is C14H22F2OS. The number of halogens is 2. The summed E-state index contributed by atoms with van der Waals surface area (Å²) in [4.78, 5) is 0. The standard InChI is InChI=1S/C14H22F2OS/c1-2-3-4-5-6-7-8-10-17-14(15,16)13-9-11-18-12-13/h9,11-12H,2-8,10H2,1H3. The van der Waals surface area contributed by atoms with Crippen LogP contribution in [-0.2, 0) is 10.8 Å². The Bertz CT molecular complexity index is 299. The summed E-state index contributed by atoms with van der Waals surface area (Å²) in [5.41, 5.74) is -0.0320. The molecule has 1 aromatic heterocycles. The van der Waals surface area contributed by atoms with Gasteiger partial charge in [0.25, 0.3) is 0 Å². The molecule has 1 heterocycles. The molecule has 0 N–H and O–H groups in total. The van der Waals surface area contributed by atoms with Gasteiger partial charge in [0.1, 0.15) is 0 Å². The molecule has 0 atom stereocenters. The third-order valence-corrected chi connectivity index (χ3v) is 3.57. The summed E-state index contributed by atoms with van der Waals surface area (Å²) < 4.78 is 31.6. The monoisotopic (exact) mass is 276 g/mol. The first-order valence-corrected chi connectivity index (χ1v) is 7.65. The molecule has 0 aliphatic carbocycles. The molecule has 1 aromatic rings. The fraction of sp³-hybridized carbons (Fsp3) is 0.714. The van der Waals surface area contributed by atoms with Crippen LogP contribution in [0.25, 0.3) is 0 Å². The van der Waals surface area contributed by atoms with Gasteiger partial charge in [-0.1, -0.05) is 45.4 Å². The third kappa shape index (κ3) is 5.91. The molecule has 0 unspecified atom stereocenters. The highest BCUT2D eigenvalue weighted by Crippen LogP contribution is 2.31. The summed E-state index contributed by atoms with van der Waals surface area (Å²) in [7, 11) is 0. The van der Waals surface area contributed by atoms with E-state index in [1.165, 1.54) is 48.5 Å². The lowest BCUT2D eigenvalue weighted by Gasteiger charge is -2.15. The molecule has 0 saturated heterocycles. The molecule has 4 heteroatoms.